The van der Waals surface area contributed by atoms with E-state index in [2.05, 4.69) is 5.32 Å². The Morgan fingerprint density at radius 1 is 0.909 bits per heavy atom. The number of sulfonamides is 1. The van der Waals surface area contributed by atoms with Gasteiger partial charge in [0.1, 0.15) is 12.6 Å². The Labute approximate surface area is 269 Å². The van der Waals surface area contributed by atoms with Crippen LogP contribution in [0.2, 0.25) is 15.1 Å². The number of anilines is 1. The molecule has 0 saturated heterocycles. The summed E-state index contributed by atoms with van der Waals surface area (Å²) in [5.41, 5.74) is -1.22. The van der Waals surface area contributed by atoms with E-state index in [1.165, 1.54) is 41.3 Å². The fourth-order valence-electron chi connectivity index (χ4n) is 4.31. The topological polar surface area (TPSA) is 86.8 Å². The van der Waals surface area contributed by atoms with Crippen molar-refractivity contribution in [2.75, 3.05) is 17.4 Å². The Bertz CT molecular complexity index is 1590. The number of carbonyl (C=O) groups excluding carboxylic acids is 2. The van der Waals surface area contributed by atoms with Crippen molar-refractivity contribution in [1.29, 1.82) is 0 Å². The Morgan fingerprint density at radius 3 is 2.11 bits per heavy atom. The minimum absolute atomic E-state index is 0.106. The molecule has 44 heavy (non-hydrogen) atoms. The number of nitrogens with one attached hydrogen (secondary N) is 1. The fourth-order valence-corrected chi connectivity index (χ4v) is 6.28. The van der Waals surface area contributed by atoms with Gasteiger partial charge in [0.2, 0.25) is 11.8 Å². The number of rotatable bonds is 12. The van der Waals surface area contributed by atoms with Crippen LogP contribution in [-0.2, 0) is 32.3 Å². The van der Waals surface area contributed by atoms with Crippen molar-refractivity contribution in [3.8, 4) is 0 Å². The molecule has 14 heteroatoms. The van der Waals surface area contributed by atoms with Crippen LogP contribution in [0.3, 0.4) is 0 Å². The third-order valence-electron chi connectivity index (χ3n) is 6.56. The van der Waals surface area contributed by atoms with Crippen LogP contribution in [0.1, 0.15) is 38.3 Å². The molecule has 1 N–H and O–H groups in total. The van der Waals surface area contributed by atoms with Gasteiger partial charge in [-0.05, 0) is 60.4 Å². The Morgan fingerprint density at radius 2 is 1.55 bits per heavy atom. The first kappa shape index (κ1) is 35.5. The van der Waals surface area contributed by atoms with Crippen molar-refractivity contribution in [3.05, 3.63) is 92.9 Å². The molecule has 0 saturated carbocycles. The monoisotopic (exact) mass is 691 g/mol. The molecule has 2 amide bonds. The van der Waals surface area contributed by atoms with Gasteiger partial charge < -0.3 is 10.2 Å². The van der Waals surface area contributed by atoms with E-state index in [1.54, 1.807) is 19.1 Å². The molecule has 0 heterocycles. The first-order valence-corrected chi connectivity index (χ1v) is 16.1. The van der Waals surface area contributed by atoms with Crippen molar-refractivity contribution in [3.63, 3.8) is 0 Å². The number of alkyl halides is 3. The van der Waals surface area contributed by atoms with E-state index in [0.29, 0.717) is 22.5 Å². The zero-order chi connectivity index (χ0) is 32.8. The van der Waals surface area contributed by atoms with Gasteiger partial charge in [0.05, 0.1) is 31.2 Å². The number of hydrogen-bond donors (Lipinski definition) is 1. The van der Waals surface area contributed by atoms with Gasteiger partial charge in [0.15, 0.2) is 0 Å². The normalized spacial score (nSPS) is 12.6. The van der Waals surface area contributed by atoms with Gasteiger partial charge in [-0.3, -0.25) is 13.9 Å². The molecule has 1 atom stereocenters. The van der Waals surface area contributed by atoms with Crippen LogP contribution in [0.4, 0.5) is 18.9 Å². The van der Waals surface area contributed by atoms with E-state index >= 15 is 0 Å². The quantitative estimate of drug-likeness (QED) is 0.214. The lowest BCUT2D eigenvalue weighted by Crippen LogP contribution is -2.52. The Kier molecular flexibility index (Phi) is 12.0. The van der Waals surface area contributed by atoms with Crippen LogP contribution in [0.25, 0.3) is 0 Å². The predicted octanol–water partition coefficient (Wildman–Crippen LogP) is 7.44. The molecule has 238 valence electrons. The van der Waals surface area contributed by atoms with Gasteiger partial charge in [-0.1, -0.05) is 79.8 Å². The summed E-state index contributed by atoms with van der Waals surface area (Å²) in [6.07, 6.45) is -4.75. The molecule has 0 aromatic heterocycles. The molecular formula is C30H31Cl3F3N3O4S. The molecule has 7 nitrogen and oxygen atoms in total. The smallest absolute Gasteiger partial charge is 0.354 e. The zero-order valence-corrected chi connectivity index (χ0v) is 27.1. The standard InChI is InChI=1S/C30H31Cl3F3N3O4S/c1-4-27(29(41)37-16-19(2)3)38(17-20-10-12-25(32)26(33)14-20)28(40)18-39(44(42,43)22-8-6-5-7-9-22)21-11-13-24(31)23(15-21)30(34,35)36/h5-15,19,27H,4,16-18H2,1-3H3,(H,37,41)/t27-/m0/s1. The van der Waals surface area contributed by atoms with E-state index < -0.39 is 56.9 Å². The number of carbonyl (C=O) groups is 2. The highest BCUT2D eigenvalue weighted by atomic mass is 35.5. The average Bonchev–Trinajstić information content (AvgIpc) is 2.96. The largest absolute Gasteiger partial charge is 0.417 e. The maximum absolute atomic E-state index is 14.1. The van der Waals surface area contributed by atoms with Gasteiger partial charge in [-0.15, -0.1) is 0 Å². The van der Waals surface area contributed by atoms with E-state index in [0.717, 1.165) is 12.1 Å². The first-order valence-electron chi connectivity index (χ1n) is 13.5. The maximum Gasteiger partial charge on any atom is 0.417 e. The molecule has 0 spiro atoms. The summed E-state index contributed by atoms with van der Waals surface area (Å²) in [5.74, 6) is -1.21. The van der Waals surface area contributed by atoms with Gasteiger partial charge in [-0.2, -0.15) is 13.2 Å². The lowest BCUT2D eigenvalue weighted by molar-refractivity contribution is -0.140. The second-order valence-corrected chi connectivity index (χ2v) is 13.4. The first-order chi connectivity index (χ1) is 20.6. The molecule has 0 aliphatic heterocycles. The maximum atomic E-state index is 14.1. The number of amides is 2. The zero-order valence-electron chi connectivity index (χ0n) is 24.0. The molecule has 0 bridgehead atoms. The number of benzene rings is 3. The molecule has 0 unspecified atom stereocenters. The number of halogens is 6. The van der Waals surface area contributed by atoms with Crippen molar-refractivity contribution in [2.45, 2.75) is 50.9 Å². The summed E-state index contributed by atoms with van der Waals surface area (Å²) in [7, 11) is -4.58. The molecular weight excluding hydrogens is 662 g/mol. The van der Waals surface area contributed by atoms with Crippen LogP contribution in [0.15, 0.2) is 71.6 Å². The average molecular weight is 693 g/mol. The third-order valence-corrected chi connectivity index (χ3v) is 9.42. The van der Waals surface area contributed by atoms with Gasteiger partial charge in [0.25, 0.3) is 10.0 Å². The summed E-state index contributed by atoms with van der Waals surface area (Å²) in [5, 5.41) is 2.61. The summed E-state index contributed by atoms with van der Waals surface area (Å²) in [6.45, 7) is 4.70. The minimum Gasteiger partial charge on any atom is -0.354 e. The minimum atomic E-state index is -4.90. The van der Waals surface area contributed by atoms with Gasteiger partial charge in [0, 0.05) is 13.1 Å². The molecule has 0 fully saturated rings. The van der Waals surface area contributed by atoms with E-state index in [1.807, 2.05) is 13.8 Å². The SMILES string of the molecule is CC[C@@H](C(=O)NCC(C)C)N(Cc1ccc(Cl)c(Cl)c1)C(=O)CN(c1ccc(Cl)c(C(F)(F)F)c1)S(=O)(=O)c1ccccc1. The molecule has 3 aromatic rings. The van der Waals surface area contributed by atoms with E-state index in [4.69, 9.17) is 34.8 Å². The summed E-state index contributed by atoms with van der Waals surface area (Å²) >= 11 is 18.0. The van der Waals surface area contributed by atoms with Crippen molar-refractivity contribution >= 4 is 62.3 Å². The summed E-state index contributed by atoms with van der Waals surface area (Å²) < 4.78 is 69.6. The van der Waals surface area contributed by atoms with E-state index in [9.17, 15) is 31.2 Å². The highest BCUT2D eigenvalue weighted by Crippen LogP contribution is 2.38. The lowest BCUT2D eigenvalue weighted by Gasteiger charge is -2.33. The molecule has 0 aliphatic carbocycles. The summed E-state index contributed by atoms with van der Waals surface area (Å²) in [4.78, 5) is 28.3. The Balaban J connectivity index is 2.14. The molecule has 3 aromatic carbocycles. The number of hydrogen-bond acceptors (Lipinski definition) is 4. The second-order valence-electron chi connectivity index (χ2n) is 10.3. The van der Waals surface area contributed by atoms with E-state index in [-0.39, 0.29) is 33.8 Å². The van der Waals surface area contributed by atoms with Crippen molar-refractivity contribution < 1.29 is 31.2 Å². The highest BCUT2D eigenvalue weighted by Gasteiger charge is 2.37. The molecule has 3 rings (SSSR count). The Hall–Kier alpha value is -2.99. The lowest BCUT2D eigenvalue weighted by atomic mass is 10.1. The summed E-state index contributed by atoms with van der Waals surface area (Å²) in [6, 6.07) is 13.1. The number of nitrogens with zero attached hydrogens (tertiary/aromatic N) is 2. The van der Waals surface area contributed by atoms with Crippen molar-refractivity contribution in [2.24, 2.45) is 5.92 Å². The van der Waals surface area contributed by atoms with Crippen LogP contribution in [-0.4, -0.2) is 44.3 Å². The van der Waals surface area contributed by atoms with Crippen LogP contribution < -0.4 is 9.62 Å². The molecule has 0 aliphatic rings. The van der Waals surface area contributed by atoms with Crippen LogP contribution in [0.5, 0.6) is 0 Å². The van der Waals surface area contributed by atoms with Gasteiger partial charge in [-0.25, -0.2) is 8.42 Å². The second kappa shape index (κ2) is 14.9. The predicted molar refractivity (Wildman–Crippen MR) is 166 cm³/mol. The van der Waals surface area contributed by atoms with Gasteiger partial charge >= 0.3 is 6.18 Å². The third kappa shape index (κ3) is 8.80. The van der Waals surface area contributed by atoms with Crippen molar-refractivity contribution in [1.82, 2.24) is 10.2 Å². The molecule has 0 radical (unpaired) electrons. The highest BCUT2D eigenvalue weighted by molar-refractivity contribution is 7.92. The van der Waals surface area contributed by atoms with Crippen LogP contribution in [0, 0.1) is 5.92 Å². The van der Waals surface area contributed by atoms with Crippen LogP contribution >= 0.6 is 34.8 Å². The fraction of sp³-hybridized carbons (Fsp3) is 0.333.